The van der Waals surface area contributed by atoms with Gasteiger partial charge in [-0.15, -0.1) is 6.58 Å². The minimum atomic E-state index is -3.78. The fourth-order valence-electron chi connectivity index (χ4n) is 5.25. The average molecular weight is 537 g/mol. The molecular formula is C26H32O12. The highest BCUT2D eigenvalue weighted by Crippen LogP contribution is 2.54. The summed E-state index contributed by atoms with van der Waals surface area (Å²) in [5, 5.41) is 61.4. The van der Waals surface area contributed by atoms with Crippen LogP contribution < -0.4 is 0 Å². The molecule has 2 fully saturated rings. The van der Waals surface area contributed by atoms with Gasteiger partial charge in [-0.1, -0.05) is 49.9 Å². The number of fused-ring (bicyclic) bond motifs is 2. The molecule has 0 saturated carbocycles. The monoisotopic (exact) mass is 536 g/mol. The predicted molar refractivity (Wildman–Crippen MR) is 129 cm³/mol. The van der Waals surface area contributed by atoms with Crippen LogP contribution in [0.1, 0.15) is 25.3 Å². The summed E-state index contributed by atoms with van der Waals surface area (Å²) in [6.07, 6.45) is -6.40. The quantitative estimate of drug-likeness (QED) is 0.189. The van der Waals surface area contributed by atoms with Crippen molar-refractivity contribution in [2.45, 2.75) is 67.6 Å². The summed E-state index contributed by atoms with van der Waals surface area (Å²) in [6, 6.07) is 9.57. The largest absolute Gasteiger partial charge is 0.479 e. The first-order chi connectivity index (χ1) is 17.8. The van der Waals surface area contributed by atoms with E-state index in [1.807, 2.05) is 37.3 Å². The van der Waals surface area contributed by atoms with E-state index in [9.17, 15) is 45.0 Å². The zero-order valence-corrected chi connectivity index (χ0v) is 20.7. The molecule has 1 aromatic rings. The fourth-order valence-corrected chi connectivity index (χ4v) is 5.25. The Morgan fingerprint density at radius 1 is 1.11 bits per heavy atom. The topological polar surface area (TPSA) is 200 Å². The Morgan fingerprint density at radius 2 is 1.74 bits per heavy atom. The Labute approximate surface area is 218 Å². The minimum absolute atomic E-state index is 0.0712. The van der Waals surface area contributed by atoms with E-state index in [4.69, 9.17) is 14.2 Å². The van der Waals surface area contributed by atoms with Crippen LogP contribution in [0.5, 0.6) is 0 Å². The standard InChI is InChI=1S/C26H32O12/c1-4-12-36-17(15(3)13-16-8-6-5-7-9-16)14(2)10-11-24-18(27)19(28)26(38-24,23(33)34)25(35,22(31)32)20(37-24)21(29)30/h4-9,15,17-20,27-28,35H,1-2,10-13H2,3H3,(H,29,30)(H,31,32)(H,33,34)/t15-,17-,18-,19-,20-,24+,25-,26+/m1/s1. The lowest BCUT2D eigenvalue weighted by Crippen LogP contribution is -2.77. The Morgan fingerprint density at radius 3 is 2.26 bits per heavy atom. The number of hydrogen-bond acceptors (Lipinski definition) is 9. The van der Waals surface area contributed by atoms with Gasteiger partial charge < -0.3 is 44.8 Å². The van der Waals surface area contributed by atoms with Crippen molar-refractivity contribution in [2.75, 3.05) is 6.61 Å². The number of carbonyl (C=O) groups is 3. The molecular weight excluding hydrogens is 504 g/mol. The molecule has 8 atom stereocenters. The third-order valence-electron chi connectivity index (χ3n) is 7.14. The van der Waals surface area contributed by atoms with Gasteiger partial charge >= 0.3 is 17.9 Å². The summed E-state index contributed by atoms with van der Waals surface area (Å²) in [5.41, 5.74) is -5.73. The molecule has 0 spiro atoms. The second-order valence-corrected chi connectivity index (χ2v) is 9.62. The van der Waals surface area contributed by atoms with Crippen molar-refractivity contribution in [1.29, 1.82) is 0 Å². The molecule has 12 nitrogen and oxygen atoms in total. The first-order valence-electron chi connectivity index (χ1n) is 11.9. The summed E-state index contributed by atoms with van der Waals surface area (Å²) in [5.74, 6) is -9.15. The number of hydrogen-bond donors (Lipinski definition) is 6. The van der Waals surface area contributed by atoms with Crippen LogP contribution in [0.15, 0.2) is 55.1 Å². The zero-order valence-electron chi connectivity index (χ0n) is 20.7. The highest BCUT2D eigenvalue weighted by atomic mass is 16.8. The Bertz CT molecular complexity index is 1090. The van der Waals surface area contributed by atoms with E-state index >= 15 is 0 Å². The number of carboxylic acid groups (broad SMARTS) is 3. The van der Waals surface area contributed by atoms with Crippen LogP contribution in [0.4, 0.5) is 0 Å². The lowest BCUT2D eigenvalue weighted by molar-refractivity contribution is -0.374. The van der Waals surface area contributed by atoms with E-state index in [2.05, 4.69) is 13.2 Å². The fraction of sp³-hybridized carbons (Fsp3) is 0.500. The van der Waals surface area contributed by atoms with E-state index in [1.54, 1.807) is 6.08 Å². The van der Waals surface area contributed by atoms with Crippen molar-refractivity contribution in [2.24, 2.45) is 5.92 Å². The molecule has 6 N–H and O–H groups in total. The molecule has 2 heterocycles. The van der Waals surface area contributed by atoms with Crippen molar-refractivity contribution >= 4 is 17.9 Å². The minimum Gasteiger partial charge on any atom is -0.479 e. The number of aliphatic hydroxyl groups is 3. The maximum atomic E-state index is 12.2. The van der Waals surface area contributed by atoms with Gasteiger partial charge in [-0.25, -0.2) is 14.4 Å². The Hall–Kier alpha value is -3.13. The van der Waals surface area contributed by atoms with Crippen LogP contribution in [0.3, 0.4) is 0 Å². The van der Waals surface area contributed by atoms with Crippen molar-refractivity contribution in [1.82, 2.24) is 0 Å². The maximum absolute atomic E-state index is 12.2. The smallest absolute Gasteiger partial charge is 0.343 e. The molecule has 0 radical (unpaired) electrons. The third-order valence-corrected chi connectivity index (χ3v) is 7.14. The van der Waals surface area contributed by atoms with Crippen molar-refractivity contribution in [3.8, 4) is 0 Å². The summed E-state index contributed by atoms with van der Waals surface area (Å²) < 4.78 is 16.6. The SMILES string of the molecule is C=CCO[C@H](C(=C)CC[C@]12O[C@H](C(=O)O)[C@@](O)(C(=O)O)[C@](C(=O)O)(O1)[C@H](O)[C@H]2O)[C@H](C)Cc1ccccc1. The molecule has 0 amide bonds. The Kier molecular flexibility index (Phi) is 8.46. The van der Waals surface area contributed by atoms with Gasteiger partial charge in [0.15, 0.2) is 5.79 Å². The second-order valence-electron chi connectivity index (χ2n) is 9.62. The van der Waals surface area contributed by atoms with Crippen LogP contribution in [-0.2, 0) is 35.0 Å². The van der Waals surface area contributed by atoms with Crippen LogP contribution in [0, 0.1) is 5.92 Å². The third kappa shape index (κ3) is 4.64. The lowest BCUT2D eigenvalue weighted by Gasteiger charge is -2.48. The molecule has 0 aliphatic carbocycles. The first kappa shape index (κ1) is 29.4. The van der Waals surface area contributed by atoms with Gasteiger partial charge in [0.1, 0.15) is 12.2 Å². The average Bonchev–Trinajstić information content (AvgIpc) is 3.06. The van der Waals surface area contributed by atoms with E-state index < -0.39 is 65.7 Å². The summed E-state index contributed by atoms with van der Waals surface area (Å²) >= 11 is 0. The van der Waals surface area contributed by atoms with Gasteiger partial charge in [-0.05, 0) is 29.9 Å². The summed E-state index contributed by atoms with van der Waals surface area (Å²) in [7, 11) is 0. The normalized spacial score (nSPS) is 33.7. The van der Waals surface area contributed by atoms with Gasteiger partial charge in [0.25, 0.3) is 0 Å². The number of carboxylic acids is 3. The van der Waals surface area contributed by atoms with E-state index in [0.717, 1.165) is 5.56 Å². The Balaban J connectivity index is 1.91. The molecule has 1 aromatic carbocycles. The zero-order chi connectivity index (χ0) is 28.5. The molecule has 2 saturated heterocycles. The molecule has 38 heavy (non-hydrogen) atoms. The lowest BCUT2D eigenvalue weighted by atomic mass is 9.74. The van der Waals surface area contributed by atoms with Crippen molar-refractivity contribution in [3.05, 3.63) is 60.7 Å². The molecule has 2 aliphatic heterocycles. The van der Waals surface area contributed by atoms with Gasteiger partial charge in [0.2, 0.25) is 17.3 Å². The molecule has 2 aliphatic rings. The molecule has 3 rings (SSSR count). The predicted octanol–water partition coefficient (Wildman–Crippen LogP) is 0.344. The molecule has 12 heteroatoms. The van der Waals surface area contributed by atoms with Crippen LogP contribution >= 0.6 is 0 Å². The highest BCUT2D eigenvalue weighted by molar-refractivity contribution is 5.97. The van der Waals surface area contributed by atoms with Crippen LogP contribution in [0.2, 0.25) is 0 Å². The maximum Gasteiger partial charge on any atom is 0.343 e. The molecule has 0 aromatic heterocycles. The molecule has 2 bridgehead atoms. The van der Waals surface area contributed by atoms with E-state index in [1.165, 1.54) is 0 Å². The van der Waals surface area contributed by atoms with Gasteiger partial charge in [-0.3, -0.25) is 0 Å². The first-order valence-corrected chi connectivity index (χ1v) is 11.9. The second kappa shape index (κ2) is 10.9. The molecule has 208 valence electrons. The van der Waals surface area contributed by atoms with Crippen molar-refractivity contribution in [3.63, 3.8) is 0 Å². The summed E-state index contributed by atoms with van der Waals surface area (Å²) in [6.45, 7) is 9.80. The van der Waals surface area contributed by atoms with E-state index in [-0.39, 0.29) is 18.9 Å². The number of ether oxygens (including phenoxy) is 3. The summed E-state index contributed by atoms with van der Waals surface area (Å²) in [4.78, 5) is 36.1. The van der Waals surface area contributed by atoms with Crippen LogP contribution in [-0.4, -0.2) is 96.6 Å². The number of aliphatic carboxylic acids is 3. The number of aliphatic hydroxyl groups excluding tert-OH is 2. The van der Waals surface area contributed by atoms with Gasteiger partial charge in [-0.2, -0.15) is 0 Å². The van der Waals surface area contributed by atoms with Gasteiger partial charge in [0.05, 0.1) is 12.7 Å². The number of benzene rings is 1. The van der Waals surface area contributed by atoms with E-state index in [0.29, 0.717) is 12.0 Å². The van der Waals surface area contributed by atoms with Crippen LogP contribution in [0.25, 0.3) is 0 Å². The number of rotatable bonds is 13. The van der Waals surface area contributed by atoms with Crippen molar-refractivity contribution < 1.29 is 59.2 Å². The molecule has 0 unspecified atom stereocenters. The highest BCUT2D eigenvalue weighted by Gasteiger charge is 2.84. The van der Waals surface area contributed by atoms with Gasteiger partial charge in [0, 0.05) is 6.42 Å².